The van der Waals surface area contributed by atoms with Crippen LogP contribution in [-0.2, 0) is 13.0 Å². The second kappa shape index (κ2) is 7.73. The first kappa shape index (κ1) is 18.7. The quantitative estimate of drug-likeness (QED) is 0.501. The van der Waals surface area contributed by atoms with Gasteiger partial charge in [-0.05, 0) is 43.7 Å². The van der Waals surface area contributed by atoms with E-state index < -0.39 is 0 Å². The summed E-state index contributed by atoms with van der Waals surface area (Å²) in [5.41, 5.74) is 3.25. The molecule has 4 rings (SSSR count). The van der Waals surface area contributed by atoms with Gasteiger partial charge in [0.05, 0.1) is 17.7 Å². The molecule has 0 saturated carbocycles. The molecule has 1 aromatic carbocycles. The summed E-state index contributed by atoms with van der Waals surface area (Å²) in [4.78, 5) is 23.4. The smallest absolute Gasteiger partial charge is 0.260 e. The van der Waals surface area contributed by atoms with Crippen LogP contribution in [0, 0.1) is 0 Å². The third-order valence-corrected chi connectivity index (χ3v) is 6.04. The van der Waals surface area contributed by atoms with E-state index in [0.717, 1.165) is 23.4 Å². The monoisotopic (exact) mass is 393 g/mol. The van der Waals surface area contributed by atoms with Gasteiger partial charge < -0.3 is 9.40 Å². The molecular weight excluding hydrogens is 370 g/mol. The number of nitrogens with zero attached hydrogens (tertiary/aromatic N) is 2. The van der Waals surface area contributed by atoms with Crippen molar-refractivity contribution in [1.82, 2.24) is 14.9 Å². The number of hydrogen-bond donors (Lipinski definition) is 1. The molecule has 144 valence electrons. The molecule has 1 unspecified atom stereocenters. The van der Waals surface area contributed by atoms with E-state index in [9.17, 15) is 4.79 Å². The summed E-state index contributed by atoms with van der Waals surface area (Å²) in [7, 11) is 2.05. The Kier molecular flexibility index (Phi) is 5.15. The fourth-order valence-corrected chi connectivity index (χ4v) is 4.23. The van der Waals surface area contributed by atoms with Crippen LogP contribution in [0.3, 0.4) is 0 Å². The minimum atomic E-state index is -0.125. The van der Waals surface area contributed by atoms with Crippen LogP contribution >= 0.6 is 11.3 Å². The third kappa shape index (κ3) is 3.53. The van der Waals surface area contributed by atoms with Gasteiger partial charge in [0, 0.05) is 17.5 Å². The molecule has 5 nitrogen and oxygen atoms in total. The van der Waals surface area contributed by atoms with E-state index in [1.54, 1.807) is 6.26 Å². The number of nitrogens with one attached hydrogen (secondary N) is 1. The number of thiophene rings is 1. The normalized spacial score (nSPS) is 12.7. The molecule has 28 heavy (non-hydrogen) atoms. The number of hydrogen-bond acceptors (Lipinski definition) is 5. The van der Waals surface area contributed by atoms with E-state index in [1.807, 2.05) is 24.6 Å². The maximum atomic E-state index is 12.8. The fraction of sp³-hybridized carbons (Fsp3) is 0.273. The van der Waals surface area contributed by atoms with Crippen LogP contribution in [0.5, 0.6) is 0 Å². The van der Waals surface area contributed by atoms with Crippen molar-refractivity contribution < 1.29 is 4.42 Å². The molecule has 0 amide bonds. The lowest BCUT2D eigenvalue weighted by molar-refractivity contribution is 0.244. The van der Waals surface area contributed by atoms with Gasteiger partial charge in [-0.1, -0.05) is 31.2 Å². The minimum Gasteiger partial charge on any atom is -0.464 e. The number of H-pyrrole nitrogens is 1. The lowest BCUT2D eigenvalue weighted by Crippen LogP contribution is -2.25. The summed E-state index contributed by atoms with van der Waals surface area (Å²) in [6.07, 6.45) is 2.65. The average Bonchev–Trinajstić information content (AvgIpc) is 3.37. The highest BCUT2D eigenvalue weighted by molar-refractivity contribution is 7.17. The molecule has 4 aromatic rings. The van der Waals surface area contributed by atoms with E-state index in [1.165, 1.54) is 22.5 Å². The number of aromatic nitrogens is 2. The Hall–Kier alpha value is -2.70. The van der Waals surface area contributed by atoms with Gasteiger partial charge in [-0.15, -0.1) is 11.3 Å². The molecule has 1 atom stereocenters. The highest BCUT2D eigenvalue weighted by Crippen LogP contribution is 2.31. The van der Waals surface area contributed by atoms with Crippen LogP contribution in [0.15, 0.2) is 57.3 Å². The van der Waals surface area contributed by atoms with E-state index >= 15 is 0 Å². The molecule has 0 aliphatic rings. The SMILES string of the molecule is CCc1ccc(CN(C)C(C)c2nc3scc(-c4ccco4)c3c(=O)[nH]2)cc1. The van der Waals surface area contributed by atoms with Gasteiger partial charge in [-0.2, -0.15) is 0 Å². The molecule has 0 fully saturated rings. The first-order chi connectivity index (χ1) is 13.6. The second-order valence-electron chi connectivity index (χ2n) is 7.02. The van der Waals surface area contributed by atoms with Crippen molar-refractivity contribution in [2.24, 2.45) is 0 Å². The molecule has 3 heterocycles. The number of fused-ring (bicyclic) bond motifs is 1. The number of rotatable bonds is 6. The fourth-order valence-electron chi connectivity index (χ4n) is 3.29. The lowest BCUT2D eigenvalue weighted by atomic mass is 10.1. The van der Waals surface area contributed by atoms with E-state index in [0.29, 0.717) is 17.0 Å². The molecule has 0 bridgehead atoms. The highest BCUT2D eigenvalue weighted by Gasteiger charge is 2.19. The number of benzene rings is 1. The number of aryl methyl sites for hydroxylation is 1. The van der Waals surface area contributed by atoms with Crippen LogP contribution in [0.25, 0.3) is 21.5 Å². The maximum absolute atomic E-state index is 12.8. The first-order valence-electron chi connectivity index (χ1n) is 9.40. The average molecular weight is 394 g/mol. The Morgan fingerprint density at radius 3 is 2.64 bits per heavy atom. The zero-order valence-corrected chi connectivity index (χ0v) is 17.0. The van der Waals surface area contributed by atoms with Crippen molar-refractivity contribution in [3.63, 3.8) is 0 Å². The lowest BCUT2D eigenvalue weighted by Gasteiger charge is -2.24. The zero-order chi connectivity index (χ0) is 19.7. The van der Waals surface area contributed by atoms with E-state index in [4.69, 9.17) is 9.40 Å². The van der Waals surface area contributed by atoms with E-state index in [2.05, 4.69) is 48.0 Å². The summed E-state index contributed by atoms with van der Waals surface area (Å²) in [6, 6.07) is 12.3. The Bertz CT molecular complexity index is 1130. The van der Waals surface area contributed by atoms with E-state index in [-0.39, 0.29) is 11.6 Å². The van der Waals surface area contributed by atoms with Gasteiger partial charge in [-0.25, -0.2) is 4.98 Å². The minimum absolute atomic E-state index is 0.0166. The largest absolute Gasteiger partial charge is 0.464 e. The van der Waals surface area contributed by atoms with Crippen LogP contribution in [0.1, 0.15) is 36.8 Å². The first-order valence-corrected chi connectivity index (χ1v) is 10.3. The number of furan rings is 1. The molecule has 0 spiro atoms. The Balaban J connectivity index is 1.60. The standard InChI is InChI=1S/C22H23N3O2S/c1-4-15-7-9-16(10-8-15)12-25(3)14(2)20-23-21(26)19-17(13-28-22(19)24-20)18-6-5-11-27-18/h5-11,13-14H,4,12H2,1-3H3,(H,23,24,26). The molecule has 1 N–H and O–H groups in total. The second-order valence-corrected chi connectivity index (χ2v) is 7.88. The van der Waals surface area contributed by atoms with Crippen molar-refractivity contribution in [3.8, 4) is 11.3 Å². The summed E-state index contributed by atoms with van der Waals surface area (Å²) in [5.74, 6) is 1.37. The van der Waals surface area contributed by atoms with Crippen LogP contribution < -0.4 is 5.56 Å². The third-order valence-electron chi connectivity index (χ3n) is 5.17. The molecule has 6 heteroatoms. The predicted octanol–water partition coefficient (Wildman–Crippen LogP) is 5.00. The molecule has 0 radical (unpaired) electrons. The highest BCUT2D eigenvalue weighted by atomic mass is 32.1. The Morgan fingerprint density at radius 1 is 1.21 bits per heavy atom. The number of aromatic amines is 1. The van der Waals surface area contributed by atoms with Crippen LogP contribution in [0.2, 0.25) is 0 Å². The summed E-state index contributed by atoms with van der Waals surface area (Å²) < 4.78 is 5.46. The van der Waals surface area contributed by atoms with Gasteiger partial charge in [0.15, 0.2) is 0 Å². The predicted molar refractivity (Wildman–Crippen MR) is 114 cm³/mol. The zero-order valence-electron chi connectivity index (χ0n) is 16.2. The molecular formula is C22H23N3O2S. The van der Waals surface area contributed by atoms with Crippen molar-refractivity contribution in [2.75, 3.05) is 7.05 Å². The van der Waals surface area contributed by atoms with Gasteiger partial charge >= 0.3 is 0 Å². The van der Waals surface area contributed by atoms with Crippen LogP contribution in [0.4, 0.5) is 0 Å². The van der Waals surface area contributed by atoms with Crippen molar-refractivity contribution in [2.45, 2.75) is 32.9 Å². The van der Waals surface area contributed by atoms with Gasteiger partial charge in [0.25, 0.3) is 5.56 Å². The summed E-state index contributed by atoms with van der Waals surface area (Å²) >= 11 is 1.47. The molecule has 3 aromatic heterocycles. The van der Waals surface area contributed by atoms with Gasteiger partial charge in [-0.3, -0.25) is 9.69 Å². The van der Waals surface area contributed by atoms with Crippen molar-refractivity contribution >= 4 is 21.6 Å². The topological polar surface area (TPSA) is 62.1 Å². The van der Waals surface area contributed by atoms with Crippen LogP contribution in [-0.4, -0.2) is 21.9 Å². The molecule has 0 saturated heterocycles. The van der Waals surface area contributed by atoms with Gasteiger partial charge in [0.1, 0.15) is 16.4 Å². The molecule has 0 aliphatic carbocycles. The van der Waals surface area contributed by atoms with Crippen molar-refractivity contribution in [1.29, 1.82) is 0 Å². The molecule has 0 aliphatic heterocycles. The van der Waals surface area contributed by atoms with Gasteiger partial charge in [0.2, 0.25) is 0 Å². The summed E-state index contributed by atoms with van der Waals surface area (Å²) in [6.45, 7) is 5.00. The Labute approximate surface area is 167 Å². The van der Waals surface area contributed by atoms with Crippen molar-refractivity contribution in [3.05, 3.63) is 75.3 Å². The maximum Gasteiger partial charge on any atom is 0.260 e. The summed E-state index contributed by atoms with van der Waals surface area (Å²) in [5, 5.41) is 2.52. The Morgan fingerprint density at radius 2 is 1.96 bits per heavy atom.